The van der Waals surface area contributed by atoms with E-state index in [1.54, 1.807) is 0 Å². The van der Waals surface area contributed by atoms with Crippen LogP contribution in [0.25, 0.3) is 0 Å². The predicted molar refractivity (Wildman–Crippen MR) is 83.5 cm³/mol. The third-order valence-corrected chi connectivity index (χ3v) is 5.02. The van der Waals surface area contributed by atoms with Crippen LogP contribution < -0.4 is 4.90 Å². The van der Waals surface area contributed by atoms with Crippen molar-refractivity contribution in [3.63, 3.8) is 0 Å². The molecule has 3 aliphatic rings. The van der Waals surface area contributed by atoms with Gasteiger partial charge in [-0.2, -0.15) is 0 Å². The van der Waals surface area contributed by atoms with E-state index in [4.69, 9.17) is 9.72 Å². The molecule has 0 aromatic carbocycles. The van der Waals surface area contributed by atoms with E-state index >= 15 is 0 Å². The minimum atomic E-state index is 0.597. The summed E-state index contributed by atoms with van der Waals surface area (Å²) in [6.45, 7) is 8.38. The minimum absolute atomic E-state index is 0.597. The Bertz CT molecular complexity index is 509. The van der Waals surface area contributed by atoms with Gasteiger partial charge < -0.3 is 9.64 Å². The normalized spacial score (nSPS) is 26.7. The molecule has 3 heterocycles. The van der Waals surface area contributed by atoms with Gasteiger partial charge in [-0.25, -0.2) is 4.98 Å². The zero-order valence-electron chi connectivity index (χ0n) is 12.9. The maximum Gasteiger partial charge on any atom is 0.133 e. The number of hydrogen-bond acceptors (Lipinski definition) is 4. The van der Waals surface area contributed by atoms with Crippen molar-refractivity contribution < 1.29 is 4.74 Å². The van der Waals surface area contributed by atoms with Crippen molar-refractivity contribution in [2.75, 3.05) is 37.7 Å². The van der Waals surface area contributed by atoms with E-state index < -0.39 is 0 Å². The fourth-order valence-electron chi connectivity index (χ4n) is 3.53. The van der Waals surface area contributed by atoms with Crippen LogP contribution in [0, 0.1) is 12.8 Å². The summed E-state index contributed by atoms with van der Waals surface area (Å²) in [5.74, 6) is 2.14. The van der Waals surface area contributed by atoms with Crippen molar-refractivity contribution in [3.8, 4) is 0 Å². The van der Waals surface area contributed by atoms with E-state index in [0.717, 1.165) is 44.5 Å². The Hall–Kier alpha value is -1.13. The molecule has 1 atom stereocenters. The smallest absolute Gasteiger partial charge is 0.133 e. The van der Waals surface area contributed by atoms with Gasteiger partial charge in [0.15, 0.2) is 0 Å². The third kappa shape index (κ3) is 2.92. The number of rotatable bonds is 3. The van der Waals surface area contributed by atoms with Gasteiger partial charge in [0.05, 0.1) is 6.61 Å². The molecule has 1 saturated carbocycles. The number of hydrogen-bond donors (Lipinski definition) is 0. The van der Waals surface area contributed by atoms with Crippen molar-refractivity contribution in [2.24, 2.45) is 5.92 Å². The highest BCUT2D eigenvalue weighted by molar-refractivity contribution is 5.49. The number of aryl methyl sites for hydroxylation is 1. The van der Waals surface area contributed by atoms with Gasteiger partial charge in [-0.05, 0) is 38.2 Å². The zero-order valence-corrected chi connectivity index (χ0v) is 12.9. The minimum Gasteiger partial charge on any atom is -0.380 e. The monoisotopic (exact) mass is 287 g/mol. The first-order valence-corrected chi connectivity index (χ1v) is 8.33. The number of aromatic nitrogens is 1. The Kier molecular flexibility index (Phi) is 3.59. The molecular weight excluding hydrogens is 262 g/mol. The van der Waals surface area contributed by atoms with Crippen LogP contribution in [0.15, 0.2) is 12.1 Å². The van der Waals surface area contributed by atoms with Gasteiger partial charge in [-0.1, -0.05) is 6.07 Å². The first kappa shape index (κ1) is 13.5. The average molecular weight is 287 g/mol. The summed E-state index contributed by atoms with van der Waals surface area (Å²) in [7, 11) is 0. The number of nitrogens with zero attached hydrogens (tertiary/aromatic N) is 3. The molecule has 1 aromatic rings. The first-order valence-electron chi connectivity index (χ1n) is 8.33. The van der Waals surface area contributed by atoms with Crippen LogP contribution >= 0.6 is 0 Å². The number of fused-ring (bicyclic) bond motifs is 1. The maximum atomic E-state index is 5.59. The van der Waals surface area contributed by atoms with Gasteiger partial charge >= 0.3 is 0 Å². The highest BCUT2D eigenvalue weighted by Gasteiger charge is 2.31. The van der Waals surface area contributed by atoms with Crippen LogP contribution in [0.5, 0.6) is 0 Å². The van der Waals surface area contributed by atoms with Crippen molar-refractivity contribution in [2.45, 2.75) is 38.8 Å². The molecule has 0 spiro atoms. The Morgan fingerprint density at radius 2 is 2.14 bits per heavy atom. The molecule has 114 valence electrons. The molecule has 4 nitrogen and oxygen atoms in total. The van der Waals surface area contributed by atoms with E-state index in [9.17, 15) is 0 Å². The van der Waals surface area contributed by atoms with Crippen LogP contribution in [-0.2, 0) is 11.3 Å². The van der Waals surface area contributed by atoms with Gasteiger partial charge in [0.2, 0.25) is 0 Å². The van der Waals surface area contributed by atoms with Crippen LogP contribution in [0.3, 0.4) is 0 Å². The molecule has 1 aliphatic carbocycles. The van der Waals surface area contributed by atoms with E-state index in [1.807, 2.05) is 0 Å². The predicted octanol–water partition coefficient (Wildman–Crippen LogP) is 2.21. The lowest BCUT2D eigenvalue weighted by molar-refractivity contribution is 0.142. The molecular formula is C17H25N3O. The summed E-state index contributed by atoms with van der Waals surface area (Å²) in [6.07, 6.45) is 3.98. The van der Waals surface area contributed by atoms with Crippen molar-refractivity contribution in [1.29, 1.82) is 0 Å². The lowest BCUT2D eigenvalue weighted by atomic mass is 10.1. The Morgan fingerprint density at radius 1 is 1.24 bits per heavy atom. The van der Waals surface area contributed by atoms with Crippen molar-refractivity contribution in [1.82, 2.24) is 9.88 Å². The SMILES string of the molecule is Cc1ccc2c(n1)N(CC1CC1)CCN([C@@H]1CCOC1)C2. The third-order valence-electron chi connectivity index (χ3n) is 5.02. The number of anilines is 1. The van der Waals surface area contributed by atoms with Crippen molar-refractivity contribution >= 4 is 5.82 Å². The van der Waals surface area contributed by atoms with E-state index in [-0.39, 0.29) is 0 Å². The van der Waals surface area contributed by atoms with Crippen LogP contribution in [-0.4, -0.2) is 48.8 Å². The highest BCUT2D eigenvalue weighted by atomic mass is 16.5. The van der Waals surface area contributed by atoms with E-state index in [0.29, 0.717) is 6.04 Å². The zero-order chi connectivity index (χ0) is 14.2. The standard InChI is InChI=1S/C17H25N3O/c1-13-2-5-15-11-19(16-6-9-21-12-16)7-8-20(17(15)18-13)10-14-3-4-14/h2,5,14,16H,3-4,6-12H2,1H3/t16-/m1/s1. The lowest BCUT2D eigenvalue weighted by Gasteiger charge is -2.26. The maximum absolute atomic E-state index is 5.59. The Morgan fingerprint density at radius 3 is 2.90 bits per heavy atom. The van der Waals surface area contributed by atoms with Crippen LogP contribution in [0.2, 0.25) is 0 Å². The van der Waals surface area contributed by atoms with Gasteiger partial charge in [0, 0.05) is 50.1 Å². The molecule has 0 bridgehead atoms. The molecule has 0 unspecified atom stereocenters. The quantitative estimate of drug-likeness (QED) is 0.852. The lowest BCUT2D eigenvalue weighted by Crippen LogP contribution is -2.39. The second-order valence-electron chi connectivity index (χ2n) is 6.81. The second kappa shape index (κ2) is 5.58. The van der Waals surface area contributed by atoms with Gasteiger partial charge in [0.25, 0.3) is 0 Å². The molecule has 0 amide bonds. The molecule has 0 radical (unpaired) electrons. The van der Waals surface area contributed by atoms with E-state index in [2.05, 4.69) is 28.9 Å². The fraction of sp³-hybridized carbons (Fsp3) is 0.706. The molecule has 4 rings (SSSR count). The molecule has 2 aliphatic heterocycles. The molecule has 0 N–H and O–H groups in total. The van der Waals surface area contributed by atoms with Crippen LogP contribution in [0.4, 0.5) is 5.82 Å². The summed E-state index contributed by atoms with van der Waals surface area (Å²) >= 11 is 0. The molecule has 1 aromatic heterocycles. The summed E-state index contributed by atoms with van der Waals surface area (Å²) in [6, 6.07) is 5.04. The summed E-state index contributed by atoms with van der Waals surface area (Å²) < 4.78 is 5.59. The van der Waals surface area contributed by atoms with E-state index in [1.165, 1.54) is 37.2 Å². The molecule has 2 fully saturated rings. The van der Waals surface area contributed by atoms with Crippen molar-refractivity contribution in [3.05, 3.63) is 23.4 Å². The Balaban J connectivity index is 1.60. The molecule has 1 saturated heterocycles. The van der Waals surface area contributed by atoms with Gasteiger partial charge in [-0.3, -0.25) is 4.90 Å². The summed E-state index contributed by atoms with van der Waals surface area (Å²) in [5, 5.41) is 0. The number of pyridine rings is 1. The first-order chi connectivity index (χ1) is 10.3. The van der Waals surface area contributed by atoms with Gasteiger partial charge in [0.1, 0.15) is 5.82 Å². The summed E-state index contributed by atoms with van der Waals surface area (Å²) in [5.41, 5.74) is 2.53. The topological polar surface area (TPSA) is 28.6 Å². The Labute approximate surface area is 127 Å². The van der Waals surface area contributed by atoms with Crippen LogP contribution in [0.1, 0.15) is 30.5 Å². The largest absolute Gasteiger partial charge is 0.380 e. The molecule has 4 heteroatoms. The molecule has 21 heavy (non-hydrogen) atoms. The number of ether oxygens (including phenoxy) is 1. The average Bonchev–Trinajstić information content (AvgIpc) is 3.18. The summed E-state index contributed by atoms with van der Waals surface area (Å²) in [4.78, 5) is 10.0. The van der Waals surface area contributed by atoms with Gasteiger partial charge in [-0.15, -0.1) is 0 Å². The highest BCUT2D eigenvalue weighted by Crippen LogP contribution is 2.33. The fourth-order valence-corrected chi connectivity index (χ4v) is 3.53. The second-order valence-corrected chi connectivity index (χ2v) is 6.81.